The van der Waals surface area contributed by atoms with Crippen molar-refractivity contribution in [1.29, 1.82) is 0 Å². The summed E-state index contributed by atoms with van der Waals surface area (Å²) in [4.78, 5) is 58.5. The number of piperidine rings is 2. The van der Waals surface area contributed by atoms with Gasteiger partial charge in [-0.25, -0.2) is 22.0 Å². The lowest BCUT2D eigenvalue weighted by molar-refractivity contribution is -0.120. The Morgan fingerprint density at radius 1 is 0.868 bits per heavy atom. The molecule has 1 atom stereocenters. The van der Waals surface area contributed by atoms with Crippen molar-refractivity contribution in [2.24, 2.45) is 7.05 Å². The van der Waals surface area contributed by atoms with Gasteiger partial charge in [0, 0.05) is 75.9 Å². The van der Waals surface area contributed by atoms with Gasteiger partial charge in [0.1, 0.15) is 21.3 Å². The summed E-state index contributed by atoms with van der Waals surface area (Å²) in [6.07, 6.45) is 3.43. The number of nitrogens with one attached hydrogen (secondary N) is 1. The van der Waals surface area contributed by atoms with Gasteiger partial charge in [0.15, 0.2) is 28.9 Å². The van der Waals surface area contributed by atoms with Crippen LogP contribution in [-0.4, -0.2) is 122 Å². The number of alkyl halides is 1. The molecule has 5 aromatic rings. The maximum atomic E-state index is 16.5. The minimum atomic E-state index is -3.66. The van der Waals surface area contributed by atoms with Gasteiger partial charge in [-0.1, -0.05) is 18.2 Å². The van der Waals surface area contributed by atoms with E-state index in [1.807, 2.05) is 17.0 Å². The number of ether oxygens (including phenoxy) is 3. The van der Waals surface area contributed by atoms with Crippen LogP contribution in [0.1, 0.15) is 82.8 Å². The summed E-state index contributed by atoms with van der Waals surface area (Å²) in [5, 5.41) is 7.11. The first-order valence-corrected chi connectivity index (χ1v) is 24.8. The molecule has 9 rings (SSSR count). The molecule has 19 heteroatoms. The number of fused-ring (bicyclic) bond motifs is 2. The van der Waals surface area contributed by atoms with Crippen LogP contribution < -0.4 is 29.3 Å². The molecular weight excluding hydrogens is 901 g/mol. The monoisotopic (exact) mass is 953 g/mol. The van der Waals surface area contributed by atoms with Crippen molar-refractivity contribution in [2.75, 3.05) is 74.8 Å². The number of rotatable bonds is 14. The molecule has 5 amide bonds. The number of hydrogen-bond donors (Lipinski definition) is 1. The molecule has 0 saturated carbocycles. The SMILES string of the molecule is CCOc1cc([C@@H](CS(C)(=O)=O)N2C(=O)c3ccc(N4CCC(F)(CN5CCC(c6ccc(Oc7cc8c(cc7F)c(N7CCC(=O)NC7=O)nn8C)cc6)CC5)CC4)cc3C2=O)ccc1OC. The van der Waals surface area contributed by atoms with E-state index < -0.39 is 51.0 Å². The molecular formula is C49H53F2N7O9S. The van der Waals surface area contributed by atoms with E-state index in [1.165, 1.54) is 28.8 Å². The van der Waals surface area contributed by atoms with Crippen molar-refractivity contribution >= 4 is 56.0 Å². The fraction of sp³-hybridized carbons (Fsp3) is 0.408. The average Bonchev–Trinajstić information content (AvgIpc) is 3.75. The van der Waals surface area contributed by atoms with E-state index >= 15 is 8.78 Å². The van der Waals surface area contributed by atoms with Gasteiger partial charge in [0.25, 0.3) is 11.8 Å². The number of hydrogen-bond acceptors (Lipinski definition) is 12. The standard InChI is InChI=1S/C49H53F2N7O9S/c1-5-66-43-24-32(8-13-41(43)65-3)40(28-68(4,63)64)58-46(60)35-12-9-33(25-36(35)47(58)61)56-22-17-49(51,18-23-56)29-55-19-14-31(15-20-55)30-6-10-34(11-7-30)67-42-27-39-37(26-38(42)50)45(53-54(39)2)57-21-16-44(59)52-48(57)62/h6-13,24-27,31,40H,5,14-23,28-29H2,1-4H3,(H,52,59,62)/t40-/m1/s1. The van der Waals surface area contributed by atoms with Crippen LogP contribution in [0.5, 0.6) is 23.0 Å². The van der Waals surface area contributed by atoms with E-state index in [0.29, 0.717) is 65.6 Å². The van der Waals surface area contributed by atoms with E-state index in [1.54, 1.807) is 62.5 Å². The molecule has 0 radical (unpaired) electrons. The molecule has 16 nitrogen and oxygen atoms in total. The minimum absolute atomic E-state index is 0.00294. The lowest BCUT2D eigenvalue weighted by atomic mass is 9.87. The van der Waals surface area contributed by atoms with E-state index in [4.69, 9.17) is 14.2 Å². The molecule has 0 unspecified atom stereocenters. The summed E-state index contributed by atoms with van der Waals surface area (Å²) < 4.78 is 75.9. The molecule has 5 heterocycles. The molecule has 68 heavy (non-hydrogen) atoms. The third kappa shape index (κ3) is 9.32. The van der Waals surface area contributed by atoms with Crippen molar-refractivity contribution in [2.45, 2.75) is 56.7 Å². The molecule has 3 saturated heterocycles. The molecule has 4 aliphatic rings. The molecule has 3 fully saturated rings. The zero-order valence-corrected chi connectivity index (χ0v) is 39.1. The first-order valence-electron chi connectivity index (χ1n) is 22.7. The molecule has 0 bridgehead atoms. The van der Waals surface area contributed by atoms with Crippen LogP contribution in [0, 0.1) is 5.82 Å². The smallest absolute Gasteiger partial charge is 0.329 e. The molecule has 4 aromatic carbocycles. The van der Waals surface area contributed by atoms with Gasteiger partial charge in [-0.3, -0.25) is 34.2 Å². The Kier molecular flexibility index (Phi) is 12.6. The number of halogens is 2. The first kappa shape index (κ1) is 46.5. The highest BCUT2D eigenvalue weighted by atomic mass is 32.2. The second kappa shape index (κ2) is 18.5. The molecule has 1 N–H and O–H groups in total. The molecule has 1 aromatic heterocycles. The maximum absolute atomic E-state index is 16.5. The van der Waals surface area contributed by atoms with E-state index in [-0.39, 0.29) is 60.3 Å². The number of aromatic nitrogens is 2. The highest BCUT2D eigenvalue weighted by Crippen LogP contribution is 2.40. The van der Waals surface area contributed by atoms with Crippen molar-refractivity contribution < 1.29 is 50.6 Å². The van der Waals surface area contributed by atoms with Crippen LogP contribution in [-0.2, 0) is 21.7 Å². The fourth-order valence-electron chi connectivity index (χ4n) is 9.87. The van der Waals surface area contributed by atoms with Gasteiger partial charge in [-0.05, 0) is 98.4 Å². The van der Waals surface area contributed by atoms with Crippen molar-refractivity contribution in [3.8, 4) is 23.0 Å². The largest absolute Gasteiger partial charge is 0.493 e. The third-order valence-electron chi connectivity index (χ3n) is 13.4. The average molecular weight is 954 g/mol. The van der Waals surface area contributed by atoms with Crippen LogP contribution in [0.3, 0.4) is 0 Å². The molecule has 4 aliphatic heterocycles. The van der Waals surface area contributed by atoms with Crippen LogP contribution in [0.25, 0.3) is 10.9 Å². The number of nitrogens with zero attached hydrogens (tertiary/aromatic N) is 6. The zero-order valence-electron chi connectivity index (χ0n) is 38.3. The van der Waals surface area contributed by atoms with Crippen LogP contribution in [0.4, 0.5) is 25.1 Å². The quantitative estimate of drug-likeness (QED) is 0.114. The Bertz CT molecular complexity index is 2910. The Hall–Kier alpha value is -6.60. The van der Waals surface area contributed by atoms with Crippen molar-refractivity contribution in [3.05, 3.63) is 101 Å². The number of methoxy groups -OCH3 is 1. The number of likely N-dealkylation sites (tertiary alicyclic amines) is 1. The van der Waals surface area contributed by atoms with E-state index in [9.17, 15) is 27.6 Å². The topological polar surface area (TPSA) is 173 Å². The van der Waals surface area contributed by atoms with Gasteiger partial charge in [-0.15, -0.1) is 0 Å². The number of amides is 5. The Labute approximate surface area is 392 Å². The molecule has 0 aliphatic carbocycles. The second-order valence-corrected chi connectivity index (χ2v) is 20.2. The maximum Gasteiger partial charge on any atom is 0.329 e. The normalized spacial score (nSPS) is 18.5. The summed E-state index contributed by atoms with van der Waals surface area (Å²) in [7, 11) is -0.493. The summed E-state index contributed by atoms with van der Waals surface area (Å²) in [6, 6.07) is 18.5. The molecule has 0 spiro atoms. The summed E-state index contributed by atoms with van der Waals surface area (Å²) in [5.74, 6) is -0.910. The van der Waals surface area contributed by atoms with Crippen LogP contribution >= 0.6 is 0 Å². The van der Waals surface area contributed by atoms with Crippen LogP contribution in [0.2, 0.25) is 0 Å². The molecule has 358 valence electrons. The number of aryl methyl sites for hydroxylation is 1. The van der Waals surface area contributed by atoms with Crippen molar-refractivity contribution in [3.63, 3.8) is 0 Å². The summed E-state index contributed by atoms with van der Waals surface area (Å²) in [5.41, 5.74) is 1.71. The van der Waals surface area contributed by atoms with Gasteiger partial charge in [0.2, 0.25) is 5.91 Å². The Morgan fingerprint density at radius 2 is 1.59 bits per heavy atom. The number of sulfone groups is 1. The number of imide groups is 2. The third-order valence-corrected chi connectivity index (χ3v) is 14.4. The number of carbonyl (C=O) groups is 4. The lowest BCUT2D eigenvalue weighted by Crippen LogP contribution is -2.49. The van der Waals surface area contributed by atoms with Crippen LogP contribution in [0.15, 0.2) is 72.8 Å². The van der Waals surface area contributed by atoms with Gasteiger partial charge in [0.05, 0.1) is 42.2 Å². The minimum Gasteiger partial charge on any atom is -0.493 e. The van der Waals surface area contributed by atoms with Crippen molar-refractivity contribution in [1.82, 2.24) is 24.9 Å². The highest BCUT2D eigenvalue weighted by molar-refractivity contribution is 7.90. The summed E-state index contributed by atoms with van der Waals surface area (Å²) in [6.45, 7) is 4.85. The van der Waals surface area contributed by atoms with Gasteiger partial charge in [-0.2, -0.15) is 5.10 Å². The number of anilines is 2. The summed E-state index contributed by atoms with van der Waals surface area (Å²) >= 11 is 0. The zero-order chi connectivity index (χ0) is 48.1. The lowest BCUT2D eigenvalue weighted by Gasteiger charge is -2.42. The number of urea groups is 1. The highest BCUT2D eigenvalue weighted by Gasteiger charge is 2.43. The predicted molar refractivity (Wildman–Crippen MR) is 250 cm³/mol. The van der Waals surface area contributed by atoms with Gasteiger partial charge >= 0.3 is 6.03 Å². The predicted octanol–water partition coefficient (Wildman–Crippen LogP) is 6.93. The fourth-order valence-corrected chi connectivity index (χ4v) is 10.8. The first-order chi connectivity index (χ1) is 32.5. The Morgan fingerprint density at radius 3 is 2.26 bits per heavy atom. The van der Waals surface area contributed by atoms with E-state index in [0.717, 1.165) is 42.7 Å². The van der Waals surface area contributed by atoms with Gasteiger partial charge < -0.3 is 24.0 Å². The van der Waals surface area contributed by atoms with E-state index in [2.05, 4.69) is 15.3 Å². The number of carbonyl (C=O) groups excluding carboxylic acids is 4. The Balaban J connectivity index is 0.788. The second-order valence-electron chi connectivity index (χ2n) is 18.0. The number of benzene rings is 4.